The van der Waals surface area contributed by atoms with E-state index >= 15 is 0 Å². The molecule has 0 saturated carbocycles. The topological polar surface area (TPSA) is 18.5 Å². The Balaban J connectivity index is 1.98. The van der Waals surface area contributed by atoms with Gasteiger partial charge in [-0.05, 0) is 50.5 Å². The number of halogens is 1. The lowest BCUT2D eigenvalue weighted by Gasteiger charge is -2.26. The average Bonchev–Trinajstić information content (AvgIpc) is 2.98. The van der Waals surface area contributed by atoms with Crippen LogP contribution in [0.5, 0.6) is 0 Å². The summed E-state index contributed by atoms with van der Waals surface area (Å²) < 4.78 is 14.2. The molecule has 0 aliphatic carbocycles. The summed E-state index contributed by atoms with van der Waals surface area (Å²) in [6.45, 7) is 8.12. The van der Waals surface area contributed by atoms with E-state index in [1.54, 1.807) is 12.1 Å². The lowest BCUT2D eigenvalue weighted by molar-refractivity contribution is 0.346. The third-order valence-electron chi connectivity index (χ3n) is 4.14. The second-order valence-electron chi connectivity index (χ2n) is 5.89. The lowest BCUT2D eigenvalue weighted by Crippen LogP contribution is -2.32. The Kier molecular flexibility index (Phi) is 6.46. The monoisotopic (exact) mass is 293 g/mol. The van der Waals surface area contributed by atoms with Gasteiger partial charge in [-0.2, -0.15) is 0 Å². The highest BCUT2D eigenvalue weighted by molar-refractivity contribution is 5.54. The van der Waals surface area contributed by atoms with Gasteiger partial charge in [0, 0.05) is 26.7 Å². The minimum Gasteiger partial charge on any atom is -0.371 e. The summed E-state index contributed by atoms with van der Waals surface area (Å²) in [5.74, 6) is -0.116. The molecule has 0 radical (unpaired) electrons. The molecule has 1 aromatic carbocycles. The number of hydrogen-bond acceptors (Lipinski definition) is 3. The molecule has 0 aromatic heterocycles. The molecule has 0 amide bonds. The van der Waals surface area contributed by atoms with Gasteiger partial charge in [0.25, 0.3) is 0 Å². The van der Waals surface area contributed by atoms with Gasteiger partial charge < -0.3 is 15.1 Å². The van der Waals surface area contributed by atoms with Crippen molar-refractivity contribution in [3.63, 3.8) is 0 Å². The van der Waals surface area contributed by atoms with Crippen LogP contribution in [0.1, 0.15) is 31.7 Å². The molecule has 0 atom stereocenters. The summed E-state index contributed by atoms with van der Waals surface area (Å²) >= 11 is 0. The first-order valence-corrected chi connectivity index (χ1v) is 8.14. The van der Waals surface area contributed by atoms with Gasteiger partial charge in [-0.25, -0.2) is 4.39 Å². The highest BCUT2D eigenvalue weighted by atomic mass is 19.1. The number of benzene rings is 1. The summed E-state index contributed by atoms with van der Waals surface area (Å²) in [5.41, 5.74) is 1.80. The van der Waals surface area contributed by atoms with Crippen molar-refractivity contribution in [3.05, 3.63) is 29.6 Å². The third-order valence-corrected chi connectivity index (χ3v) is 4.14. The van der Waals surface area contributed by atoms with E-state index in [0.29, 0.717) is 0 Å². The van der Waals surface area contributed by atoms with Crippen LogP contribution in [0.3, 0.4) is 0 Å². The molecule has 1 fully saturated rings. The van der Waals surface area contributed by atoms with Gasteiger partial charge in [-0.15, -0.1) is 0 Å². The van der Waals surface area contributed by atoms with E-state index in [9.17, 15) is 4.39 Å². The predicted octanol–water partition coefficient (Wildman–Crippen LogP) is 2.86. The first kappa shape index (κ1) is 16.2. The number of nitrogens with one attached hydrogen (secondary N) is 1. The molecule has 1 heterocycles. The van der Waals surface area contributed by atoms with Crippen molar-refractivity contribution in [2.45, 2.75) is 32.7 Å². The van der Waals surface area contributed by atoms with Crippen LogP contribution in [0.4, 0.5) is 10.1 Å². The maximum atomic E-state index is 14.2. The van der Waals surface area contributed by atoms with E-state index in [2.05, 4.69) is 22.0 Å². The number of likely N-dealkylation sites (tertiary alicyclic amines) is 1. The van der Waals surface area contributed by atoms with Crippen LogP contribution < -0.4 is 10.2 Å². The number of para-hydroxylation sites is 1. The van der Waals surface area contributed by atoms with Crippen LogP contribution in [0.25, 0.3) is 0 Å². The molecule has 118 valence electrons. The smallest absolute Gasteiger partial charge is 0.146 e. The Morgan fingerprint density at radius 1 is 1.29 bits per heavy atom. The van der Waals surface area contributed by atoms with E-state index in [1.807, 2.05) is 13.1 Å². The lowest BCUT2D eigenvalue weighted by atomic mass is 10.1. The zero-order valence-corrected chi connectivity index (χ0v) is 13.4. The standard InChI is InChI=1S/C17H28FN3/c1-3-9-19-14-15-7-6-8-16(18)17(15)20(2)12-13-21-10-4-5-11-21/h6-8,19H,3-5,9-14H2,1-2H3. The van der Waals surface area contributed by atoms with Gasteiger partial charge in [0.1, 0.15) is 5.82 Å². The molecule has 21 heavy (non-hydrogen) atoms. The predicted molar refractivity (Wildman–Crippen MR) is 87.3 cm³/mol. The molecule has 1 aromatic rings. The van der Waals surface area contributed by atoms with Gasteiger partial charge >= 0.3 is 0 Å². The molecule has 4 heteroatoms. The Morgan fingerprint density at radius 3 is 2.76 bits per heavy atom. The summed E-state index contributed by atoms with van der Waals surface area (Å²) in [6, 6.07) is 5.38. The van der Waals surface area contributed by atoms with E-state index in [4.69, 9.17) is 0 Å². The van der Waals surface area contributed by atoms with E-state index in [0.717, 1.165) is 43.9 Å². The first-order chi connectivity index (χ1) is 10.2. The molecule has 1 aliphatic heterocycles. The van der Waals surface area contributed by atoms with Gasteiger partial charge in [-0.1, -0.05) is 19.1 Å². The SMILES string of the molecule is CCCNCc1cccc(F)c1N(C)CCN1CCCC1. The van der Waals surface area contributed by atoms with Gasteiger partial charge in [-0.3, -0.25) is 0 Å². The molecule has 3 nitrogen and oxygen atoms in total. The van der Waals surface area contributed by atoms with E-state index in [1.165, 1.54) is 25.9 Å². The summed E-state index contributed by atoms with van der Waals surface area (Å²) in [4.78, 5) is 4.53. The summed E-state index contributed by atoms with van der Waals surface area (Å²) in [6.07, 6.45) is 3.70. The minimum atomic E-state index is -0.116. The summed E-state index contributed by atoms with van der Waals surface area (Å²) in [7, 11) is 2.00. The zero-order valence-electron chi connectivity index (χ0n) is 13.4. The van der Waals surface area contributed by atoms with Crippen molar-refractivity contribution in [3.8, 4) is 0 Å². The van der Waals surface area contributed by atoms with Crippen LogP contribution >= 0.6 is 0 Å². The maximum Gasteiger partial charge on any atom is 0.146 e. The first-order valence-electron chi connectivity index (χ1n) is 8.14. The maximum absolute atomic E-state index is 14.2. The quantitative estimate of drug-likeness (QED) is 0.744. The van der Waals surface area contributed by atoms with Crippen LogP contribution in [-0.4, -0.2) is 44.7 Å². The van der Waals surface area contributed by atoms with Crippen LogP contribution in [0.2, 0.25) is 0 Å². The number of hydrogen-bond donors (Lipinski definition) is 1. The number of rotatable bonds is 8. The van der Waals surface area contributed by atoms with Crippen molar-refractivity contribution in [2.24, 2.45) is 0 Å². The Hall–Kier alpha value is -1.13. The Bertz CT molecular complexity index is 430. The second-order valence-corrected chi connectivity index (χ2v) is 5.89. The van der Waals surface area contributed by atoms with Crippen molar-refractivity contribution in [1.82, 2.24) is 10.2 Å². The fourth-order valence-electron chi connectivity index (χ4n) is 2.94. The molecule has 1 aliphatic rings. The Morgan fingerprint density at radius 2 is 2.05 bits per heavy atom. The second kappa shape index (κ2) is 8.35. The number of likely N-dealkylation sites (N-methyl/N-ethyl adjacent to an activating group) is 1. The van der Waals surface area contributed by atoms with Crippen LogP contribution in [-0.2, 0) is 6.54 Å². The van der Waals surface area contributed by atoms with Crippen LogP contribution in [0, 0.1) is 5.82 Å². The summed E-state index contributed by atoms with van der Waals surface area (Å²) in [5, 5.41) is 3.37. The Labute approximate surface area is 128 Å². The van der Waals surface area contributed by atoms with Crippen molar-refractivity contribution in [1.29, 1.82) is 0 Å². The highest BCUT2D eigenvalue weighted by Gasteiger charge is 2.15. The molecule has 2 rings (SSSR count). The van der Waals surface area contributed by atoms with Gasteiger partial charge in [0.15, 0.2) is 0 Å². The highest BCUT2D eigenvalue weighted by Crippen LogP contribution is 2.23. The fraction of sp³-hybridized carbons (Fsp3) is 0.647. The zero-order chi connectivity index (χ0) is 15.1. The van der Waals surface area contributed by atoms with Crippen LogP contribution in [0.15, 0.2) is 18.2 Å². The third kappa shape index (κ3) is 4.68. The van der Waals surface area contributed by atoms with Crippen molar-refractivity contribution in [2.75, 3.05) is 44.7 Å². The largest absolute Gasteiger partial charge is 0.371 e. The van der Waals surface area contributed by atoms with Crippen molar-refractivity contribution < 1.29 is 4.39 Å². The average molecular weight is 293 g/mol. The van der Waals surface area contributed by atoms with Crippen molar-refractivity contribution >= 4 is 5.69 Å². The van der Waals surface area contributed by atoms with E-state index < -0.39 is 0 Å². The van der Waals surface area contributed by atoms with Gasteiger partial charge in [0.2, 0.25) is 0 Å². The minimum absolute atomic E-state index is 0.116. The molecule has 0 bridgehead atoms. The molecule has 0 unspecified atom stereocenters. The normalized spacial score (nSPS) is 15.6. The molecule has 1 N–H and O–H groups in total. The van der Waals surface area contributed by atoms with E-state index in [-0.39, 0.29) is 5.82 Å². The number of anilines is 1. The molecular formula is C17H28FN3. The molecular weight excluding hydrogens is 265 g/mol. The fourth-order valence-corrected chi connectivity index (χ4v) is 2.94. The number of nitrogens with zero attached hydrogens (tertiary/aromatic N) is 2. The van der Waals surface area contributed by atoms with Gasteiger partial charge in [0.05, 0.1) is 5.69 Å². The molecule has 1 saturated heterocycles. The molecule has 0 spiro atoms.